The fourth-order valence-electron chi connectivity index (χ4n) is 2.77. The van der Waals surface area contributed by atoms with E-state index in [-0.39, 0.29) is 24.7 Å². The number of aliphatic hydroxyl groups is 1. The van der Waals surface area contributed by atoms with Gasteiger partial charge in [0.25, 0.3) is 0 Å². The topological polar surface area (TPSA) is 29.5 Å². The molecule has 1 rings (SSSR count). The summed E-state index contributed by atoms with van der Waals surface area (Å²) >= 11 is 0. The maximum Gasteiger partial charge on any atom is 0.391 e. The molecule has 5 heteroatoms. The monoisotopic (exact) mass is 268 g/mol. The SMILES string of the molecule is COCCC(C)C(O)C1CCCC(C(F)(F)F)C1. The number of rotatable bonds is 5. The predicted octanol–water partition coefficient (Wildman–Crippen LogP) is 3.39. The second-order valence-electron chi connectivity index (χ2n) is 5.41. The molecule has 0 spiro atoms. The van der Waals surface area contributed by atoms with Crippen molar-refractivity contribution in [3.8, 4) is 0 Å². The fourth-order valence-corrected chi connectivity index (χ4v) is 2.77. The third-order valence-corrected chi connectivity index (χ3v) is 4.02. The summed E-state index contributed by atoms with van der Waals surface area (Å²) in [5.41, 5.74) is 0. The molecule has 1 N–H and O–H groups in total. The van der Waals surface area contributed by atoms with Gasteiger partial charge in [-0.3, -0.25) is 0 Å². The second kappa shape index (κ2) is 6.75. The highest BCUT2D eigenvalue weighted by molar-refractivity contribution is 4.83. The summed E-state index contributed by atoms with van der Waals surface area (Å²) in [4.78, 5) is 0. The molecule has 1 saturated carbocycles. The lowest BCUT2D eigenvalue weighted by Gasteiger charge is -2.35. The van der Waals surface area contributed by atoms with E-state index in [2.05, 4.69) is 0 Å². The van der Waals surface area contributed by atoms with Gasteiger partial charge in [-0.05, 0) is 37.5 Å². The standard InChI is InChI=1S/C13H23F3O2/c1-9(6-7-18-2)12(17)10-4-3-5-11(8-10)13(14,15)16/h9-12,17H,3-8H2,1-2H3. The Labute approximate surface area is 107 Å². The predicted molar refractivity (Wildman–Crippen MR) is 63.2 cm³/mol. The van der Waals surface area contributed by atoms with Gasteiger partial charge in [-0.1, -0.05) is 13.3 Å². The highest BCUT2D eigenvalue weighted by Gasteiger charge is 2.43. The van der Waals surface area contributed by atoms with Gasteiger partial charge in [0.2, 0.25) is 0 Å². The minimum Gasteiger partial charge on any atom is -0.393 e. The third kappa shape index (κ3) is 4.43. The first-order valence-electron chi connectivity index (χ1n) is 6.60. The van der Waals surface area contributed by atoms with E-state index < -0.39 is 18.2 Å². The zero-order valence-corrected chi connectivity index (χ0v) is 11.0. The summed E-state index contributed by atoms with van der Waals surface area (Å²) in [6, 6.07) is 0. The van der Waals surface area contributed by atoms with E-state index >= 15 is 0 Å². The van der Waals surface area contributed by atoms with Gasteiger partial charge in [-0.25, -0.2) is 0 Å². The van der Waals surface area contributed by atoms with E-state index in [0.29, 0.717) is 25.9 Å². The molecule has 0 amide bonds. The molecule has 0 aromatic heterocycles. The Kier molecular flexibility index (Phi) is 5.92. The van der Waals surface area contributed by atoms with Crippen LogP contribution in [-0.2, 0) is 4.74 Å². The maximum atomic E-state index is 12.7. The number of hydrogen-bond acceptors (Lipinski definition) is 2. The Bertz CT molecular complexity index is 243. The first kappa shape index (κ1) is 15.8. The van der Waals surface area contributed by atoms with Crippen LogP contribution >= 0.6 is 0 Å². The van der Waals surface area contributed by atoms with Crippen LogP contribution in [-0.4, -0.2) is 31.1 Å². The van der Waals surface area contributed by atoms with E-state index in [9.17, 15) is 18.3 Å². The van der Waals surface area contributed by atoms with Crippen LogP contribution in [0.2, 0.25) is 0 Å². The minimum absolute atomic E-state index is 0.0121. The van der Waals surface area contributed by atoms with Gasteiger partial charge in [0.1, 0.15) is 0 Å². The van der Waals surface area contributed by atoms with Crippen molar-refractivity contribution in [1.82, 2.24) is 0 Å². The molecular formula is C13H23F3O2. The van der Waals surface area contributed by atoms with E-state index in [1.54, 1.807) is 7.11 Å². The lowest BCUT2D eigenvalue weighted by molar-refractivity contribution is -0.189. The Hall–Kier alpha value is -0.290. The average Bonchev–Trinajstić information content (AvgIpc) is 2.34. The molecule has 0 saturated heterocycles. The minimum atomic E-state index is -4.12. The highest BCUT2D eigenvalue weighted by atomic mass is 19.4. The normalized spacial score (nSPS) is 29.0. The van der Waals surface area contributed by atoms with Crippen molar-refractivity contribution in [2.24, 2.45) is 17.8 Å². The molecule has 0 bridgehead atoms. The van der Waals surface area contributed by atoms with Crippen LogP contribution in [0.15, 0.2) is 0 Å². The second-order valence-corrected chi connectivity index (χ2v) is 5.41. The van der Waals surface area contributed by atoms with Crippen molar-refractivity contribution in [1.29, 1.82) is 0 Å². The van der Waals surface area contributed by atoms with Crippen molar-refractivity contribution >= 4 is 0 Å². The van der Waals surface area contributed by atoms with Gasteiger partial charge in [-0.2, -0.15) is 13.2 Å². The summed E-state index contributed by atoms with van der Waals surface area (Å²) < 4.78 is 43.0. The molecule has 18 heavy (non-hydrogen) atoms. The van der Waals surface area contributed by atoms with E-state index in [1.807, 2.05) is 6.92 Å². The van der Waals surface area contributed by atoms with Crippen molar-refractivity contribution in [2.75, 3.05) is 13.7 Å². The lowest BCUT2D eigenvalue weighted by atomic mass is 9.75. The number of alkyl halides is 3. The summed E-state index contributed by atoms with van der Waals surface area (Å²) in [5, 5.41) is 10.1. The highest BCUT2D eigenvalue weighted by Crippen LogP contribution is 2.42. The molecule has 0 aromatic carbocycles. The van der Waals surface area contributed by atoms with E-state index in [1.165, 1.54) is 0 Å². The van der Waals surface area contributed by atoms with Crippen LogP contribution < -0.4 is 0 Å². The third-order valence-electron chi connectivity index (χ3n) is 4.02. The maximum absolute atomic E-state index is 12.7. The van der Waals surface area contributed by atoms with Gasteiger partial charge in [0, 0.05) is 13.7 Å². The summed E-state index contributed by atoms with van der Waals surface area (Å²) in [7, 11) is 1.58. The number of halogens is 3. The Morgan fingerprint density at radius 2 is 2.00 bits per heavy atom. The number of aliphatic hydroxyl groups excluding tert-OH is 1. The Balaban J connectivity index is 2.50. The van der Waals surface area contributed by atoms with Gasteiger partial charge < -0.3 is 9.84 Å². The van der Waals surface area contributed by atoms with Crippen LogP contribution in [0.1, 0.15) is 39.0 Å². The first-order valence-corrected chi connectivity index (χ1v) is 6.60. The van der Waals surface area contributed by atoms with Gasteiger partial charge >= 0.3 is 6.18 Å². The summed E-state index contributed by atoms with van der Waals surface area (Å²) in [6.45, 7) is 2.41. The van der Waals surface area contributed by atoms with Crippen molar-refractivity contribution < 1.29 is 23.0 Å². The summed E-state index contributed by atoms with van der Waals surface area (Å²) in [6.07, 6.45) is -2.54. The Morgan fingerprint density at radius 1 is 1.33 bits per heavy atom. The zero-order valence-electron chi connectivity index (χ0n) is 11.0. The van der Waals surface area contributed by atoms with Crippen LogP contribution in [0.3, 0.4) is 0 Å². The van der Waals surface area contributed by atoms with Crippen LogP contribution in [0.5, 0.6) is 0 Å². The first-order chi connectivity index (χ1) is 8.36. The molecule has 0 aromatic rings. The molecule has 1 fully saturated rings. The number of hydrogen-bond donors (Lipinski definition) is 1. The molecule has 0 radical (unpaired) electrons. The smallest absolute Gasteiger partial charge is 0.391 e. The molecule has 108 valence electrons. The van der Waals surface area contributed by atoms with Crippen molar-refractivity contribution in [3.63, 3.8) is 0 Å². The number of ether oxygens (including phenoxy) is 1. The van der Waals surface area contributed by atoms with Gasteiger partial charge in [-0.15, -0.1) is 0 Å². The molecule has 1 aliphatic rings. The molecule has 2 nitrogen and oxygen atoms in total. The fraction of sp³-hybridized carbons (Fsp3) is 1.00. The molecular weight excluding hydrogens is 245 g/mol. The largest absolute Gasteiger partial charge is 0.393 e. The molecule has 4 unspecified atom stereocenters. The molecule has 0 heterocycles. The number of methoxy groups -OCH3 is 1. The van der Waals surface area contributed by atoms with Crippen molar-refractivity contribution in [3.05, 3.63) is 0 Å². The van der Waals surface area contributed by atoms with Gasteiger partial charge in [0.15, 0.2) is 0 Å². The lowest BCUT2D eigenvalue weighted by Crippen LogP contribution is -2.36. The molecule has 1 aliphatic carbocycles. The van der Waals surface area contributed by atoms with E-state index in [0.717, 1.165) is 0 Å². The van der Waals surface area contributed by atoms with Gasteiger partial charge in [0.05, 0.1) is 12.0 Å². The quantitative estimate of drug-likeness (QED) is 0.828. The zero-order chi connectivity index (χ0) is 13.8. The van der Waals surface area contributed by atoms with Crippen LogP contribution in [0.4, 0.5) is 13.2 Å². The van der Waals surface area contributed by atoms with E-state index in [4.69, 9.17) is 4.74 Å². The average molecular weight is 268 g/mol. The van der Waals surface area contributed by atoms with Crippen molar-refractivity contribution in [2.45, 2.75) is 51.3 Å². The summed E-state index contributed by atoms with van der Waals surface area (Å²) in [5.74, 6) is -1.47. The molecule has 4 atom stereocenters. The Morgan fingerprint density at radius 3 is 2.56 bits per heavy atom. The van der Waals surface area contributed by atoms with Crippen LogP contribution in [0.25, 0.3) is 0 Å². The van der Waals surface area contributed by atoms with Crippen LogP contribution in [0, 0.1) is 17.8 Å². The molecule has 0 aliphatic heterocycles.